The Kier molecular flexibility index (Phi) is 5.23. The van der Waals surface area contributed by atoms with E-state index < -0.39 is 34.3 Å². The lowest BCUT2D eigenvalue weighted by molar-refractivity contribution is -0.141. The van der Waals surface area contributed by atoms with Crippen molar-refractivity contribution in [3.63, 3.8) is 0 Å². The molecule has 0 saturated heterocycles. The van der Waals surface area contributed by atoms with E-state index in [0.717, 1.165) is 11.4 Å². The van der Waals surface area contributed by atoms with Crippen LogP contribution in [-0.4, -0.2) is 55.7 Å². The van der Waals surface area contributed by atoms with Gasteiger partial charge in [-0.25, -0.2) is 8.42 Å². The van der Waals surface area contributed by atoms with Gasteiger partial charge in [0.2, 0.25) is 10.0 Å². The molecule has 88 valence electrons. The molecule has 0 atom stereocenters. The number of carbonyl (C=O) groups excluding carboxylic acids is 1. The molecule has 0 unspecified atom stereocenters. The minimum absolute atomic E-state index is 0.0186. The number of likely N-dealkylation sites (N-methyl/N-ethyl adjacent to an activating group) is 1. The van der Waals surface area contributed by atoms with Crippen LogP contribution in [0.25, 0.3) is 0 Å². The third kappa shape index (κ3) is 4.75. The van der Waals surface area contributed by atoms with Crippen molar-refractivity contribution in [3.05, 3.63) is 0 Å². The molecule has 0 fully saturated rings. The van der Waals surface area contributed by atoms with E-state index in [0.29, 0.717) is 0 Å². The number of carboxylic acids is 1. The molecular formula is C7H13NO6S. The Morgan fingerprint density at radius 3 is 2.27 bits per heavy atom. The first kappa shape index (κ1) is 13.8. The first-order chi connectivity index (χ1) is 6.83. The van der Waals surface area contributed by atoms with Crippen molar-refractivity contribution in [1.29, 1.82) is 0 Å². The van der Waals surface area contributed by atoms with Gasteiger partial charge in [-0.2, -0.15) is 4.31 Å². The van der Waals surface area contributed by atoms with Crippen LogP contribution in [0.1, 0.15) is 6.92 Å². The first-order valence-electron chi connectivity index (χ1n) is 4.10. The summed E-state index contributed by atoms with van der Waals surface area (Å²) in [6.45, 7) is 1.05. The van der Waals surface area contributed by atoms with Gasteiger partial charge in [-0.15, -0.1) is 0 Å². The minimum atomic E-state index is -3.94. The molecule has 0 saturated carbocycles. The number of ether oxygens (including phenoxy) is 1. The second-order valence-electron chi connectivity index (χ2n) is 2.65. The fourth-order valence-electron chi connectivity index (χ4n) is 0.863. The van der Waals surface area contributed by atoms with Gasteiger partial charge < -0.3 is 9.84 Å². The lowest BCUT2D eigenvalue weighted by Crippen LogP contribution is -2.39. The lowest BCUT2D eigenvalue weighted by Gasteiger charge is -2.17. The molecule has 0 rings (SSSR count). The molecule has 7 nitrogen and oxygen atoms in total. The van der Waals surface area contributed by atoms with Crippen LogP contribution in [0.3, 0.4) is 0 Å². The monoisotopic (exact) mass is 239 g/mol. The van der Waals surface area contributed by atoms with Crippen LogP contribution < -0.4 is 0 Å². The zero-order valence-electron chi connectivity index (χ0n) is 8.47. The van der Waals surface area contributed by atoms with Crippen molar-refractivity contribution >= 4 is 22.0 Å². The van der Waals surface area contributed by atoms with Gasteiger partial charge >= 0.3 is 11.9 Å². The summed E-state index contributed by atoms with van der Waals surface area (Å²) < 4.78 is 27.8. The smallest absolute Gasteiger partial charge is 0.321 e. The van der Waals surface area contributed by atoms with Crippen LogP contribution in [0.5, 0.6) is 0 Å². The molecule has 0 aliphatic rings. The molecule has 0 aromatic heterocycles. The van der Waals surface area contributed by atoms with Gasteiger partial charge in [-0.3, -0.25) is 9.59 Å². The Hall–Kier alpha value is -1.15. The van der Waals surface area contributed by atoms with Gasteiger partial charge in [0, 0.05) is 6.54 Å². The second kappa shape index (κ2) is 5.66. The second-order valence-corrected chi connectivity index (χ2v) is 4.62. The number of carbonyl (C=O) groups is 2. The number of aliphatic carboxylic acids is 1. The van der Waals surface area contributed by atoms with Crippen LogP contribution in [0.15, 0.2) is 0 Å². The quantitative estimate of drug-likeness (QED) is 0.590. The van der Waals surface area contributed by atoms with E-state index in [-0.39, 0.29) is 6.54 Å². The fourth-order valence-corrected chi connectivity index (χ4v) is 2.05. The van der Waals surface area contributed by atoms with Crippen LogP contribution in [-0.2, 0) is 24.3 Å². The number of esters is 1. The van der Waals surface area contributed by atoms with Gasteiger partial charge in [0.15, 0.2) is 5.75 Å². The molecular weight excluding hydrogens is 226 g/mol. The highest BCUT2D eigenvalue weighted by molar-refractivity contribution is 7.89. The summed E-state index contributed by atoms with van der Waals surface area (Å²) in [5, 5.41) is 8.36. The summed E-state index contributed by atoms with van der Waals surface area (Å²) in [5.41, 5.74) is 0. The van der Waals surface area contributed by atoms with Crippen molar-refractivity contribution in [2.75, 3.05) is 26.0 Å². The summed E-state index contributed by atoms with van der Waals surface area (Å²) in [7, 11) is -2.82. The third-order valence-corrected chi connectivity index (χ3v) is 3.37. The number of sulfonamides is 1. The van der Waals surface area contributed by atoms with Crippen LogP contribution in [0.4, 0.5) is 0 Å². The highest BCUT2D eigenvalue weighted by Crippen LogP contribution is 2.01. The fraction of sp³-hybridized carbons (Fsp3) is 0.714. The van der Waals surface area contributed by atoms with Gasteiger partial charge in [-0.05, 0) is 0 Å². The summed E-state index contributed by atoms with van der Waals surface area (Å²) in [6.07, 6.45) is 0. The van der Waals surface area contributed by atoms with E-state index >= 15 is 0 Å². The average molecular weight is 239 g/mol. The average Bonchev–Trinajstić information content (AvgIpc) is 2.11. The molecule has 0 amide bonds. The Morgan fingerprint density at radius 2 is 1.93 bits per heavy atom. The van der Waals surface area contributed by atoms with Crippen molar-refractivity contribution in [3.8, 4) is 0 Å². The zero-order chi connectivity index (χ0) is 12.1. The minimum Gasteiger partial charge on any atom is -0.480 e. The lowest BCUT2D eigenvalue weighted by atomic mass is 10.6. The van der Waals surface area contributed by atoms with Crippen LogP contribution >= 0.6 is 0 Å². The molecule has 1 N–H and O–H groups in total. The summed E-state index contributed by atoms with van der Waals surface area (Å²) >= 11 is 0. The number of carboxylic acid groups (broad SMARTS) is 1. The largest absolute Gasteiger partial charge is 0.480 e. The molecule has 0 bridgehead atoms. The number of nitrogens with zero attached hydrogens (tertiary/aromatic N) is 1. The molecule has 0 aromatic rings. The van der Waals surface area contributed by atoms with E-state index in [1.165, 1.54) is 6.92 Å². The van der Waals surface area contributed by atoms with Gasteiger partial charge in [0.25, 0.3) is 0 Å². The molecule has 0 aromatic carbocycles. The highest BCUT2D eigenvalue weighted by atomic mass is 32.2. The number of rotatable bonds is 6. The molecule has 0 radical (unpaired) electrons. The highest BCUT2D eigenvalue weighted by Gasteiger charge is 2.25. The Morgan fingerprint density at radius 1 is 1.40 bits per heavy atom. The topological polar surface area (TPSA) is 101 Å². The van der Waals surface area contributed by atoms with E-state index in [1.807, 2.05) is 0 Å². The van der Waals surface area contributed by atoms with Gasteiger partial charge in [-0.1, -0.05) is 6.92 Å². The van der Waals surface area contributed by atoms with Crippen molar-refractivity contribution in [2.24, 2.45) is 0 Å². The van der Waals surface area contributed by atoms with Gasteiger partial charge in [0.1, 0.15) is 6.54 Å². The third-order valence-electron chi connectivity index (χ3n) is 1.59. The number of hydrogen-bond acceptors (Lipinski definition) is 5. The summed E-state index contributed by atoms with van der Waals surface area (Å²) in [5.74, 6) is -3.22. The Bertz CT molecular complexity index is 335. The maximum absolute atomic E-state index is 11.4. The van der Waals surface area contributed by atoms with E-state index in [1.54, 1.807) is 0 Å². The molecule has 0 heterocycles. The number of methoxy groups -OCH3 is 1. The normalized spacial score (nSPS) is 11.4. The van der Waals surface area contributed by atoms with Crippen molar-refractivity contribution in [1.82, 2.24) is 4.31 Å². The SMILES string of the molecule is CCN(CC(=O)OC)S(=O)(=O)CC(=O)O. The molecule has 8 heteroatoms. The number of hydrogen-bond donors (Lipinski definition) is 1. The maximum atomic E-state index is 11.4. The van der Waals surface area contributed by atoms with E-state index in [4.69, 9.17) is 5.11 Å². The van der Waals surface area contributed by atoms with Crippen molar-refractivity contribution < 1.29 is 27.9 Å². The first-order valence-corrected chi connectivity index (χ1v) is 5.70. The summed E-state index contributed by atoms with van der Waals surface area (Å²) in [6, 6.07) is 0. The van der Waals surface area contributed by atoms with Gasteiger partial charge in [0.05, 0.1) is 7.11 Å². The van der Waals surface area contributed by atoms with Crippen LogP contribution in [0.2, 0.25) is 0 Å². The molecule has 0 aliphatic heterocycles. The predicted octanol–water partition coefficient (Wildman–Crippen LogP) is -1.10. The molecule has 0 spiro atoms. The van der Waals surface area contributed by atoms with Crippen molar-refractivity contribution in [2.45, 2.75) is 6.92 Å². The standard InChI is InChI=1S/C7H13NO6S/c1-3-8(4-7(11)14-2)15(12,13)5-6(9)10/h3-5H2,1-2H3,(H,9,10). The van der Waals surface area contributed by atoms with E-state index in [2.05, 4.69) is 4.74 Å². The zero-order valence-corrected chi connectivity index (χ0v) is 9.28. The Labute approximate surface area is 87.7 Å². The molecule has 15 heavy (non-hydrogen) atoms. The summed E-state index contributed by atoms with van der Waals surface area (Å²) in [4.78, 5) is 21.1. The Balaban J connectivity index is 4.66. The van der Waals surface area contributed by atoms with Crippen LogP contribution in [0, 0.1) is 0 Å². The maximum Gasteiger partial charge on any atom is 0.321 e. The van der Waals surface area contributed by atoms with E-state index in [9.17, 15) is 18.0 Å². The molecule has 0 aliphatic carbocycles. The predicted molar refractivity (Wildman–Crippen MR) is 50.7 cm³/mol.